The summed E-state index contributed by atoms with van der Waals surface area (Å²) in [6.45, 7) is 0. The molecule has 0 aliphatic heterocycles. The molecule has 0 fully saturated rings. The van der Waals surface area contributed by atoms with Crippen molar-refractivity contribution in [2.24, 2.45) is 0 Å². The molecule has 3 N–H and O–H groups in total. The monoisotopic (exact) mass is 354 g/mol. The van der Waals surface area contributed by atoms with Crippen LogP contribution in [-0.2, 0) is 0 Å². The Morgan fingerprint density at radius 2 is 1.45 bits per heavy atom. The van der Waals surface area contributed by atoms with Crippen molar-refractivity contribution in [1.82, 2.24) is 9.97 Å². The van der Waals surface area contributed by atoms with E-state index in [2.05, 4.69) is 25.9 Å². The van der Waals surface area contributed by atoms with Gasteiger partial charge in [0, 0.05) is 6.20 Å². The molecule has 106 valence electrons. The van der Waals surface area contributed by atoms with Crippen LogP contribution in [0.4, 0.5) is 39.4 Å². The SMILES string of the molecule is Nc1ncc(Br)c(Nc2c(F)c(F)c(F)c(F)c2F)n1. The highest BCUT2D eigenvalue weighted by atomic mass is 79.9. The maximum atomic E-state index is 13.4. The quantitative estimate of drug-likeness (QED) is 0.493. The van der Waals surface area contributed by atoms with Gasteiger partial charge >= 0.3 is 0 Å². The van der Waals surface area contributed by atoms with Gasteiger partial charge in [-0.2, -0.15) is 4.98 Å². The molecule has 1 aromatic heterocycles. The standard InChI is InChI=1S/C10H4BrF5N4/c11-2-1-18-10(17)20-9(2)19-8-6(15)4(13)3(12)5(14)7(8)16/h1H,(H3,17,18,19,20). The smallest absolute Gasteiger partial charge is 0.222 e. The van der Waals surface area contributed by atoms with E-state index >= 15 is 0 Å². The maximum absolute atomic E-state index is 13.4. The van der Waals surface area contributed by atoms with Gasteiger partial charge in [-0.3, -0.25) is 0 Å². The lowest BCUT2D eigenvalue weighted by Gasteiger charge is -2.11. The van der Waals surface area contributed by atoms with E-state index in [0.29, 0.717) is 0 Å². The lowest BCUT2D eigenvalue weighted by molar-refractivity contribution is 0.382. The van der Waals surface area contributed by atoms with Gasteiger partial charge < -0.3 is 11.1 Å². The molecule has 0 spiro atoms. The number of nitrogen functional groups attached to an aromatic ring is 1. The van der Waals surface area contributed by atoms with Crippen LogP contribution in [0.15, 0.2) is 10.7 Å². The largest absolute Gasteiger partial charge is 0.368 e. The predicted molar refractivity (Wildman–Crippen MR) is 63.7 cm³/mol. The molecular formula is C10H4BrF5N4. The van der Waals surface area contributed by atoms with E-state index in [4.69, 9.17) is 5.73 Å². The van der Waals surface area contributed by atoms with Crippen LogP contribution in [0.3, 0.4) is 0 Å². The third-order valence-corrected chi connectivity index (χ3v) is 2.80. The summed E-state index contributed by atoms with van der Waals surface area (Å²) >= 11 is 2.94. The van der Waals surface area contributed by atoms with Crippen molar-refractivity contribution in [2.45, 2.75) is 0 Å². The van der Waals surface area contributed by atoms with E-state index in [1.54, 1.807) is 0 Å². The van der Waals surface area contributed by atoms with Crippen LogP contribution < -0.4 is 11.1 Å². The normalized spacial score (nSPS) is 10.7. The number of nitrogens with two attached hydrogens (primary N) is 1. The first-order valence-electron chi connectivity index (χ1n) is 4.89. The molecule has 10 heteroatoms. The van der Waals surface area contributed by atoms with E-state index in [1.807, 2.05) is 5.32 Å². The molecule has 1 heterocycles. The third-order valence-electron chi connectivity index (χ3n) is 2.22. The first-order valence-corrected chi connectivity index (χ1v) is 5.68. The highest BCUT2D eigenvalue weighted by molar-refractivity contribution is 9.10. The number of aromatic nitrogens is 2. The van der Waals surface area contributed by atoms with Crippen molar-refractivity contribution in [3.05, 3.63) is 39.8 Å². The fourth-order valence-electron chi connectivity index (χ4n) is 1.30. The molecule has 0 amide bonds. The van der Waals surface area contributed by atoms with Crippen molar-refractivity contribution < 1.29 is 22.0 Å². The van der Waals surface area contributed by atoms with Crippen LogP contribution in [0.2, 0.25) is 0 Å². The lowest BCUT2D eigenvalue weighted by atomic mass is 10.2. The number of nitrogens with zero attached hydrogens (tertiary/aromatic N) is 2. The summed E-state index contributed by atoms with van der Waals surface area (Å²) in [6, 6.07) is 0. The number of hydrogen-bond acceptors (Lipinski definition) is 4. The van der Waals surface area contributed by atoms with Gasteiger partial charge in [-0.25, -0.2) is 26.9 Å². The molecule has 1 aromatic carbocycles. The lowest BCUT2D eigenvalue weighted by Crippen LogP contribution is -2.08. The Balaban J connectivity index is 2.57. The molecule has 2 rings (SSSR count). The summed E-state index contributed by atoms with van der Waals surface area (Å²) in [6.07, 6.45) is 1.15. The predicted octanol–water partition coefficient (Wildman–Crippen LogP) is 3.26. The summed E-state index contributed by atoms with van der Waals surface area (Å²) in [5.41, 5.74) is 4.03. The van der Waals surface area contributed by atoms with E-state index in [0.717, 1.165) is 6.20 Å². The zero-order valence-corrected chi connectivity index (χ0v) is 10.9. The second-order valence-electron chi connectivity index (χ2n) is 3.49. The van der Waals surface area contributed by atoms with Crippen LogP contribution in [0.25, 0.3) is 0 Å². The van der Waals surface area contributed by atoms with Gasteiger partial charge in [-0.1, -0.05) is 0 Å². The Morgan fingerprint density at radius 1 is 0.950 bits per heavy atom. The molecule has 2 aromatic rings. The van der Waals surface area contributed by atoms with E-state index < -0.39 is 34.8 Å². The molecule has 0 atom stereocenters. The minimum Gasteiger partial charge on any atom is -0.368 e. The van der Waals surface area contributed by atoms with Crippen LogP contribution in [0.1, 0.15) is 0 Å². The fraction of sp³-hybridized carbons (Fsp3) is 0. The van der Waals surface area contributed by atoms with Crippen LogP contribution in [-0.4, -0.2) is 9.97 Å². The summed E-state index contributed by atoms with van der Waals surface area (Å²) in [7, 11) is 0. The third kappa shape index (κ3) is 2.38. The maximum Gasteiger partial charge on any atom is 0.222 e. The average Bonchev–Trinajstić information content (AvgIpc) is 2.43. The summed E-state index contributed by atoms with van der Waals surface area (Å²) in [4.78, 5) is 7.13. The molecule has 0 aliphatic carbocycles. The fourth-order valence-corrected chi connectivity index (χ4v) is 1.59. The second-order valence-corrected chi connectivity index (χ2v) is 4.35. The zero-order chi connectivity index (χ0) is 15.0. The van der Waals surface area contributed by atoms with Crippen molar-refractivity contribution >= 4 is 33.4 Å². The van der Waals surface area contributed by atoms with Crippen molar-refractivity contribution in [1.29, 1.82) is 0 Å². The minimum atomic E-state index is -2.24. The second kappa shape index (κ2) is 5.19. The molecule has 0 saturated heterocycles. The van der Waals surface area contributed by atoms with Crippen LogP contribution in [0, 0.1) is 29.1 Å². The Hall–Kier alpha value is -1.97. The summed E-state index contributed by atoms with van der Waals surface area (Å²) < 4.78 is 65.9. The minimum absolute atomic E-state index is 0.121. The number of halogens is 6. The van der Waals surface area contributed by atoms with Crippen LogP contribution in [0.5, 0.6) is 0 Å². The van der Waals surface area contributed by atoms with Crippen molar-refractivity contribution in [2.75, 3.05) is 11.1 Å². The summed E-state index contributed by atoms with van der Waals surface area (Å²) in [5, 5.41) is 1.98. The molecule has 20 heavy (non-hydrogen) atoms. The Kier molecular flexibility index (Phi) is 3.75. The van der Waals surface area contributed by atoms with Crippen molar-refractivity contribution in [3.8, 4) is 0 Å². The molecule has 0 radical (unpaired) electrons. The molecule has 0 unspecified atom stereocenters. The molecule has 4 nitrogen and oxygen atoms in total. The first-order chi connectivity index (χ1) is 9.32. The molecule has 0 saturated carbocycles. The van der Waals surface area contributed by atoms with Gasteiger partial charge in [0.05, 0.1) is 4.47 Å². The van der Waals surface area contributed by atoms with E-state index in [1.165, 1.54) is 0 Å². The number of anilines is 3. The number of hydrogen-bond donors (Lipinski definition) is 2. The molecule has 0 aliphatic rings. The number of benzene rings is 1. The molecular weight excluding hydrogens is 351 g/mol. The zero-order valence-electron chi connectivity index (χ0n) is 9.32. The average molecular weight is 355 g/mol. The van der Waals surface area contributed by atoms with Gasteiger partial charge in [-0.15, -0.1) is 0 Å². The van der Waals surface area contributed by atoms with Gasteiger partial charge in [-0.05, 0) is 15.9 Å². The molecule has 0 bridgehead atoms. The Bertz CT molecular complexity index is 665. The van der Waals surface area contributed by atoms with Gasteiger partial charge in [0.1, 0.15) is 5.69 Å². The topological polar surface area (TPSA) is 63.8 Å². The van der Waals surface area contributed by atoms with Crippen molar-refractivity contribution in [3.63, 3.8) is 0 Å². The van der Waals surface area contributed by atoms with Gasteiger partial charge in [0.15, 0.2) is 29.1 Å². The Labute approximate surface area is 117 Å². The van der Waals surface area contributed by atoms with E-state index in [9.17, 15) is 22.0 Å². The number of rotatable bonds is 2. The summed E-state index contributed by atoms with van der Waals surface area (Å²) in [5.74, 6) is -10.9. The highest BCUT2D eigenvalue weighted by Gasteiger charge is 2.26. The van der Waals surface area contributed by atoms with Crippen LogP contribution >= 0.6 is 15.9 Å². The van der Waals surface area contributed by atoms with Gasteiger partial charge in [0.25, 0.3) is 0 Å². The van der Waals surface area contributed by atoms with Gasteiger partial charge in [0.2, 0.25) is 11.8 Å². The number of nitrogens with one attached hydrogen (secondary N) is 1. The Morgan fingerprint density at radius 3 is 2.00 bits per heavy atom. The van der Waals surface area contributed by atoms with E-state index in [-0.39, 0.29) is 16.2 Å². The highest BCUT2D eigenvalue weighted by Crippen LogP contribution is 2.31. The first kappa shape index (κ1) is 14.4.